The molecule has 94 valence electrons. The molecule has 1 aliphatic carbocycles. The summed E-state index contributed by atoms with van der Waals surface area (Å²) >= 11 is 0. The van der Waals surface area contributed by atoms with Crippen LogP contribution in [-0.2, 0) is 10.3 Å². The van der Waals surface area contributed by atoms with Gasteiger partial charge in [-0.25, -0.2) is 9.78 Å². The van der Waals surface area contributed by atoms with Crippen LogP contribution in [0.4, 0.5) is 4.79 Å². The van der Waals surface area contributed by atoms with Gasteiger partial charge in [-0.3, -0.25) is 0 Å². The van der Waals surface area contributed by atoms with Crippen LogP contribution < -0.4 is 5.32 Å². The Kier molecular flexibility index (Phi) is 2.85. The van der Waals surface area contributed by atoms with E-state index >= 15 is 0 Å². The van der Waals surface area contributed by atoms with E-state index in [0.29, 0.717) is 0 Å². The van der Waals surface area contributed by atoms with Gasteiger partial charge in [-0.15, -0.1) is 0 Å². The second-order valence-corrected chi connectivity index (χ2v) is 5.50. The summed E-state index contributed by atoms with van der Waals surface area (Å²) in [6, 6.07) is 0. The normalized spacial score (nSPS) is 18.3. The van der Waals surface area contributed by atoms with Gasteiger partial charge in [0.25, 0.3) is 0 Å². The molecule has 0 aromatic carbocycles. The van der Waals surface area contributed by atoms with Gasteiger partial charge in [0.2, 0.25) is 0 Å². The van der Waals surface area contributed by atoms with Crippen LogP contribution in [0.15, 0.2) is 12.4 Å². The highest BCUT2D eigenvalue weighted by Crippen LogP contribution is 2.39. The molecule has 0 aliphatic heterocycles. The molecule has 5 heteroatoms. The van der Waals surface area contributed by atoms with E-state index in [2.05, 4.69) is 15.3 Å². The van der Waals surface area contributed by atoms with Crippen molar-refractivity contribution in [2.24, 2.45) is 0 Å². The molecular formula is C12H19N3O2. The number of imidazole rings is 1. The molecule has 0 spiro atoms. The van der Waals surface area contributed by atoms with Gasteiger partial charge >= 0.3 is 6.09 Å². The predicted molar refractivity (Wildman–Crippen MR) is 63.5 cm³/mol. The molecule has 1 aromatic rings. The van der Waals surface area contributed by atoms with E-state index in [1.807, 2.05) is 20.8 Å². The molecule has 0 saturated heterocycles. The van der Waals surface area contributed by atoms with Crippen LogP contribution in [0.3, 0.4) is 0 Å². The second kappa shape index (κ2) is 4.05. The Morgan fingerprint density at radius 1 is 1.53 bits per heavy atom. The van der Waals surface area contributed by atoms with E-state index in [0.717, 1.165) is 25.1 Å². The van der Waals surface area contributed by atoms with Gasteiger partial charge in [0.1, 0.15) is 17.0 Å². The van der Waals surface area contributed by atoms with Crippen LogP contribution in [0.2, 0.25) is 0 Å². The quantitative estimate of drug-likeness (QED) is 0.829. The fraction of sp³-hybridized carbons (Fsp3) is 0.667. The standard InChI is InChI=1S/C12H19N3O2/c1-11(2,3)17-10(16)15-12(5-4-6-12)9-13-7-8-14-9/h7-8H,4-6H2,1-3H3,(H,13,14)(H,15,16). The summed E-state index contributed by atoms with van der Waals surface area (Å²) in [5.41, 5.74) is -0.829. The molecule has 0 radical (unpaired) electrons. The molecule has 0 bridgehead atoms. The Morgan fingerprint density at radius 2 is 2.24 bits per heavy atom. The van der Waals surface area contributed by atoms with Crippen LogP contribution in [-0.4, -0.2) is 21.7 Å². The zero-order valence-electron chi connectivity index (χ0n) is 10.5. The van der Waals surface area contributed by atoms with Crippen molar-refractivity contribution in [1.29, 1.82) is 0 Å². The Morgan fingerprint density at radius 3 is 2.65 bits per heavy atom. The molecule has 2 rings (SSSR count). The third-order valence-electron chi connectivity index (χ3n) is 2.90. The van der Waals surface area contributed by atoms with Crippen molar-refractivity contribution in [3.63, 3.8) is 0 Å². The molecule has 1 amide bonds. The summed E-state index contributed by atoms with van der Waals surface area (Å²) in [5, 5.41) is 2.93. The highest BCUT2D eigenvalue weighted by atomic mass is 16.6. The van der Waals surface area contributed by atoms with Crippen molar-refractivity contribution < 1.29 is 9.53 Å². The number of ether oxygens (including phenoxy) is 1. The number of carbonyl (C=O) groups is 1. The first-order valence-corrected chi connectivity index (χ1v) is 5.92. The zero-order chi connectivity index (χ0) is 12.5. The molecule has 2 N–H and O–H groups in total. The smallest absolute Gasteiger partial charge is 0.408 e. The molecule has 0 atom stereocenters. The maximum Gasteiger partial charge on any atom is 0.408 e. The lowest BCUT2D eigenvalue weighted by Gasteiger charge is -2.40. The number of H-pyrrole nitrogens is 1. The van der Waals surface area contributed by atoms with Gasteiger partial charge in [-0.2, -0.15) is 0 Å². The van der Waals surface area contributed by atoms with Crippen LogP contribution in [0.5, 0.6) is 0 Å². The van der Waals surface area contributed by atoms with Crippen molar-refractivity contribution in [3.05, 3.63) is 18.2 Å². The molecule has 1 saturated carbocycles. The SMILES string of the molecule is CC(C)(C)OC(=O)NC1(c2ncc[nH]2)CCC1. The van der Waals surface area contributed by atoms with E-state index < -0.39 is 5.60 Å². The molecule has 1 aliphatic rings. The molecule has 17 heavy (non-hydrogen) atoms. The number of aromatic nitrogens is 2. The molecule has 1 aromatic heterocycles. The maximum atomic E-state index is 11.8. The lowest BCUT2D eigenvalue weighted by Crippen LogP contribution is -2.52. The highest BCUT2D eigenvalue weighted by Gasteiger charge is 2.43. The average molecular weight is 237 g/mol. The van der Waals surface area contributed by atoms with Crippen molar-refractivity contribution in [1.82, 2.24) is 15.3 Å². The summed E-state index contributed by atoms with van der Waals surface area (Å²) in [5.74, 6) is 0.814. The molecular weight excluding hydrogens is 218 g/mol. The number of alkyl carbamates (subject to hydrolysis) is 1. The lowest BCUT2D eigenvalue weighted by atomic mass is 9.76. The number of nitrogens with one attached hydrogen (secondary N) is 2. The Hall–Kier alpha value is -1.52. The number of hydrogen-bond acceptors (Lipinski definition) is 3. The van der Waals surface area contributed by atoms with Crippen LogP contribution in [0.1, 0.15) is 45.9 Å². The minimum atomic E-state index is -0.474. The van der Waals surface area contributed by atoms with Crippen LogP contribution >= 0.6 is 0 Å². The summed E-state index contributed by atoms with van der Waals surface area (Å²) in [6.45, 7) is 5.56. The molecule has 1 heterocycles. The van der Waals surface area contributed by atoms with Gasteiger partial charge < -0.3 is 15.0 Å². The minimum absolute atomic E-state index is 0.355. The van der Waals surface area contributed by atoms with Crippen molar-refractivity contribution in [3.8, 4) is 0 Å². The van der Waals surface area contributed by atoms with E-state index in [-0.39, 0.29) is 11.6 Å². The van der Waals surface area contributed by atoms with Gasteiger partial charge in [-0.1, -0.05) is 0 Å². The molecule has 5 nitrogen and oxygen atoms in total. The first kappa shape index (κ1) is 12.0. The number of carbonyl (C=O) groups excluding carboxylic acids is 1. The fourth-order valence-corrected chi connectivity index (χ4v) is 1.98. The monoisotopic (exact) mass is 237 g/mol. The number of nitrogens with zero attached hydrogens (tertiary/aromatic N) is 1. The Labute approximate surface area is 101 Å². The van der Waals surface area contributed by atoms with Crippen LogP contribution in [0, 0.1) is 0 Å². The van der Waals surface area contributed by atoms with Gasteiger partial charge in [-0.05, 0) is 40.0 Å². The first-order valence-electron chi connectivity index (χ1n) is 5.92. The van der Waals surface area contributed by atoms with Crippen LogP contribution in [0.25, 0.3) is 0 Å². The minimum Gasteiger partial charge on any atom is -0.444 e. The van der Waals surface area contributed by atoms with Gasteiger partial charge in [0.05, 0.1) is 0 Å². The van der Waals surface area contributed by atoms with E-state index in [1.165, 1.54) is 0 Å². The number of hydrogen-bond donors (Lipinski definition) is 2. The van der Waals surface area contributed by atoms with Crippen molar-refractivity contribution in [2.45, 2.75) is 51.2 Å². The second-order valence-electron chi connectivity index (χ2n) is 5.50. The van der Waals surface area contributed by atoms with Crippen molar-refractivity contribution in [2.75, 3.05) is 0 Å². The van der Waals surface area contributed by atoms with E-state index in [9.17, 15) is 4.79 Å². The lowest BCUT2D eigenvalue weighted by molar-refractivity contribution is 0.0366. The average Bonchev–Trinajstić information content (AvgIpc) is 2.60. The van der Waals surface area contributed by atoms with Gasteiger partial charge in [0.15, 0.2) is 0 Å². The van der Waals surface area contributed by atoms with E-state index in [1.54, 1.807) is 12.4 Å². The van der Waals surface area contributed by atoms with Crippen molar-refractivity contribution >= 4 is 6.09 Å². The topological polar surface area (TPSA) is 67.0 Å². The molecule has 0 unspecified atom stereocenters. The third-order valence-corrected chi connectivity index (χ3v) is 2.90. The summed E-state index contributed by atoms with van der Waals surface area (Å²) < 4.78 is 5.28. The van der Waals surface area contributed by atoms with Gasteiger partial charge in [0, 0.05) is 12.4 Å². The first-order chi connectivity index (χ1) is 7.91. The number of amides is 1. The highest BCUT2D eigenvalue weighted by molar-refractivity contribution is 5.69. The zero-order valence-corrected chi connectivity index (χ0v) is 10.5. The fourth-order valence-electron chi connectivity index (χ4n) is 1.98. The Bertz CT molecular complexity index is 388. The Balaban J connectivity index is 2.04. The maximum absolute atomic E-state index is 11.8. The summed E-state index contributed by atoms with van der Waals surface area (Å²) in [4.78, 5) is 19.1. The summed E-state index contributed by atoms with van der Waals surface area (Å²) in [7, 11) is 0. The predicted octanol–water partition coefficient (Wildman–Crippen LogP) is 2.31. The molecule has 1 fully saturated rings. The summed E-state index contributed by atoms with van der Waals surface area (Å²) in [6.07, 6.45) is 5.99. The third kappa shape index (κ3) is 2.60. The van der Waals surface area contributed by atoms with E-state index in [4.69, 9.17) is 4.74 Å². The number of aromatic amines is 1. The largest absolute Gasteiger partial charge is 0.444 e. The number of rotatable bonds is 2.